The molecule has 3 aromatic rings. The average molecular weight is 354 g/mol. The lowest BCUT2D eigenvalue weighted by Gasteiger charge is -2.10. The van der Waals surface area contributed by atoms with Crippen LogP contribution in [0.3, 0.4) is 0 Å². The van der Waals surface area contributed by atoms with Crippen molar-refractivity contribution in [3.63, 3.8) is 0 Å². The van der Waals surface area contributed by atoms with Gasteiger partial charge in [0.2, 0.25) is 5.95 Å². The first-order chi connectivity index (χ1) is 12.3. The summed E-state index contributed by atoms with van der Waals surface area (Å²) in [7, 11) is 5.65. The number of hydrogen-bond acceptors (Lipinski definition) is 8. The molecule has 0 aliphatic carbocycles. The smallest absolute Gasteiger partial charge is 0.251 e. The quantitative estimate of drug-likeness (QED) is 0.576. The molecular formula is C16H18N8S. The molecule has 0 unspecified atom stereocenters. The third-order valence-corrected chi connectivity index (χ3v) is 5.20. The Kier molecular flexibility index (Phi) is 3.77. The molecule has 4 N–H and O–H groups in total. The molecule has 2 aromatic heterocycles. The minimum absolute atomic E-state index is 0.572. The summed E-state index contributed by atoms with van der Waals surface area (Å²) in [6.07, 6.45) is 0. The molecule has 0 fully saturated rings. The maximum absolute atomic E-state index is 4.63. The van der Waals surface area contributed by atoms with E-state index in [1.54, 1.807) is 11.3 Å². The zero-order valence-corrected chi connectivity index (χ0v) is 14.9. The van der Waals surface area contributed by atoms with E-state index < -0.39 is 0 Å². The third kappa shape index (κ3) is 2.31. The van der Waals surface area contributed by atoms with Crippen molar-refractivity contribution in [3.8, 4) is 5.00 Å². The van der Waals surface area contributed by atoms with Crippen LogP contribution in [0.15, 0.2) is 35.4 Å². The van der Waals surface area contributed by atoms with Crippen molar-refractivity contribution in [1.29, 1.82) is 0 Å². The first kappa shape index (κ1) is 15.5. The van der Waals surface area contributed by atoms with Crippen molar-refractivity contribution in [2.45, 2.75) is 0 Å². The zero-order valence-electron chi connectivity index (χ0n) is 14.1. The Balaban J connectivity index is 2.04. The Bertz CT molecular complexity index is 941. The van der Waals surface area contributed by atoms with Gasteiger partial charge in [0, 0.05) is 26.7 Å². The van der Waals surface area contributed by atoms with E-state index in [-0.39, 0.29) is 0 Å². The van der Waals surface area contributed by atoms with Gasteiger partial charge in [-0.25, -0.2) is 9.99 Å². The lowest BCUT2D eigenvalue weighted by molar-refractivity contribution is 1.07. The highest BCUT2D eigenvalue weighted by Gasteiger charge is 2.29. The molecule has 0 atom stereocenters. The van der Waals surface area contributed by atoms with Crippen LogP contribution < -0.4 is 21.4 Å². The molecule has 9 heteroatoms. The van der Waals surface area contributed by atoms with E-state index in [1.807, 2.05) is 56.0 Å². The van der Waals surface area contributed by atoms with Crippen LogP contribution in [0, 0.1) is 0 Å². The molecule has 0 radical (unpaired) electrons. The highest BCUT2D eigenvalue weighted by atomic mass is 32.1. The second kappa shape index (κ2) is 6.10. The van der Waals surface area contributed by atoms with Crippen molar-refractivity contribution in [2.24, 2.45) is 5.10 Å². The number of hydrogen-bond donors (Lipinski definition) is 4. The van der Waals surface area contributed by atoms with Crippen LogP contribution in [0.5, 0.6) is 0 Å². The summed E-state index contributed by atoms with van der Waals surface area (Å²) in [6.45, 7) is 0. The normalized spacial score (nSPS) is 12.4. The number of rotatable bonds is 4. The van der Waals surface area contributed by atoms with Gasteiger partial charge in [-0.15, -0.1) is 10.2 Å². The largest absolute Gasteiger partial charge is 0.385 e. The standard InChI is InChI=1S/C16H18N8S/c1-17-12-10-11(9-7-5-4-6-8-9)20-22-16-23-21-15(19-3)24(16)14(10)25-13(12)18-2/h4-8,17-18H,1-3H3,(H,19,21)(H,22,23). The highest BCUT2D eigenvalue weighted by Crippen LogP contribution is 2.44. The number of nitrogens with one attached hydrogen (secondary N) is 4. The number of nitrogens with zero attached hydrogens (tertiary/aromatic N) is 4. The van der Waals surface area contributed by atoms with Gasteiger partial charge >= 0.3 is 0 Å². The van der Waals surface area contributed by atoms with Crippen LogP contribution >= 0.6 is 11.3 Å². The Morgan fingerprint density at radius 3 is 2.48 bits per heavy atom. The number of benzene rings is 1. The van der Waals surface area contributed by atoms with Crippen LogP contribution in [-0.4, -0.2) is 41.6 Å². The van der Waals surface area contributed by atoms with Crippen molar-refractivity contribution < 1.29 is 0 Å². The second-order valence-electron chi connectivity index (χ2n) is 5.36. The van der Waals surface area contributed by atoms with E-state index in [4.69, 9.17) is 0 Å². The molecule has 1 aliphatic rings. The van der Waals surface area contributed by atoms with Crippen molar-refractivity contribution in [3.05, 3.63) is 41.5 Å². The van der Waals surface area contributed by atoms with E-state index in [0.29, 0.717) is 11.9 Å². The van der Waals surface area contributed by atoms with Gasteiger partial charge < -0.3 is 16.0 Å². The summed E-state index contributed by atoms with van der Waals surface area (Å²) in [5.41, 5.74) is 6.93. The molecule has 128 valence electrons. The van der Waals surface area contributed by atoms with Crippen molar-refractivity contribution >= 4 is 39.6 Å². The van der Waals surface area contributed by atoms with Gasteiger partial charge in [0.15, 0.2) is 0 Å². The Hall–Kier alpha value is -3.07. The fraction of sp³-hybridized carbons (Fsp3) is 0.188. The molecule has 1 aliphatic heterocycles. The zero-order chi connectivity index (χ0) is 17.4. The molecular weight excluding hydrogens is 336 g/mol. The number of fused-ring (bicyclic) bond motifs is 3. The summed E-state index contributed by atoms with van der Waals surface area (Å²) in [5.74, 6) is 1.22. The van der Waals surface area contributed by atoms with Gasteiger partial charge in [-0.2, -0.15) is 5.10 Å². The maximum atomic E-state index is 4.63. The lowest BCUT2D eigenvalue weighted by Crippen LogP contribution is -2.09. The fourth-order valence-corrected chi connectivity index (χ4v) is 4.06. The van der Waals surface area contributed by atoms with Crippen molar-refractivity contribution in [2.75, 3.05) is 42.5 Å². The van der Waals surface area contributed by atoms with Gasteiger partial charge in [0.1, 0.15) is 15.7 Å². The molecule has 4 rings (SSSR count). The molecule has 0 saturated heterocycles. The monoisotopic (exact) mass is 354 g/mol. The van der Waals surface area contributed by atoms with Crippen LogP contribution in [0.4, 0.5) is 22.6 Å². The molecule has 8 nitrogen and oxygen atoms in total. The van der Waals surface area contributed by atoms with Crippen molar-refractivity contribution in [1.82, 2.24) is 14.8 Å². The molecule has 0 spiro atoms. The maximum Gasteiger partial charge on any atom is 0.251 e. The summed E-state index contributed by atoms with van der Waals surface area (Å²) in [5, 5.41) is 24.7. The predicted molar refractivity (Wildman–Crippen MR) is 104 cm³/mol. The molecule has 0 saturated carbocycles. The Morgan fingerprint density at radius 2 is 1.80 bits per heavy atom. The van der Waals surface area contributed by atoms with E-state index >= 15 is 0 Å². The predicted octanol–water partition coefficient (Wildman–Crippen LogP) is 2.63. The molecule has 25 heavy (non-hydrogen) atoms. The van der Waals surface area contributed by atoms with Gasteiger partial charge in [0.05, 0.1) is 11.3 Å². The second-order valence-corrected chi connectivity index (χ2v) is 6.36. The SMILES string of the molecule is CNc1sc2c(c1NC)C(c1ccccc1)=NNc1nnc(NC)n1-2. The molecule has 1 aromatic carbocycles. The Morgan fingerprint density at radius 1 is 1.00 bits per heavy atom. The number of aromatic nitrogens is 3. The third-order valence-electron chi connectivity index (χ3n) is 4.01. The summed E-state index contributed by atoms with van der Waals surface area (Å²) < 4.78 is 1.95. The number of hydrazone groups is 1. The van der Waals surface area contributed by atoms with Crippen LogP contribution in [0.1, 0.15) is 11.1 Å². The summed E-state index contributed by atoms with van der Waals surface area (Å²) in [4.78, 5) is 0. The minimum atomic E-state index is 0.572. The van der Waals surface area contributed by atoms with Gasteiger partial charge in [0.25, 0.3) is 5.95 Å². The molecule has 0 bridgehead atoms. The fourth-order valence-electron chi connectivity index (χ4n) is 2.89. The van der Waals surface area contributed by atoms with E-state index in [1.165, 1.54) is 0 Å². The topological polar surface area (TPSA) is 91.2 Å². The van der Waals surface area contributed by atoms with Gasteiger partial charge in [-0.05, 0) is 0 Å². The van der Waals surface area contributed by atoms with E-state index in [2.05, 4.69) is 36.7 Å². The minimum Gasteiger partial charge on any atom is -0.385 e. The van der Waals surface area contributed by atoms with E-state index in [0.717, 1.165) is 32.5 Å². The van der Waals surface area contributed by atoms with Crippen LogP contribution in [-0.2, 0) is 0 Å². The van der Waals surface area contributed by atoms with Gasteiger partial charge in [-0.1, -0.05) is 41.7 Å². The first-order valence-electron chi connectivity index (χ1n) is 7.83. The average Bonchev–Trinajstić information content (AvgIpc) is 3.19. The van der Waals surface area contributed by atoms with Crippen LogP contribution in [0.2, 0.25) is 0 Å². The highest BCUT2D eigenvalue weighted by molar-refractivity contribution is 7.19. The van der Waals surface area contributed by atoms with Crippen LogP contribution in [0.25, 0.3) is 5.00 Å². The number of anilines is 4. The first-order valence-corrected chi connectivity index (χ1v) is 8.65. The van der Waals surface area contributed by atoms with Gasteiger partial charge in [-0.3, -0.25) is 0 Å². The number of thiophene rings is 1. The molecule has 0 amide bonds. The lowest BCUT2D eigenvalue weighted by atomic mass is 10.0. The van der Waals surface area contributed by atoms with E-state index in [9.17, 15) is 0 Å². The summed E-state index contributed by atoms with van der Waals surface area (Å²) in [6, 6.07) is 10.1. The summed E-state index contributed by atoms with van der Waals surface area (Å²) >= 11 is 1.62. The molecule has 3 heterocycles. The Labute approximate surface area is 149 Å².